The zero-order valence-corrected chi connectivity index (χ0v) is 11.0. The van der Waals surface area contributed by atoms with Crippen molar-refractivity contribution in [1.82, 2.24) is 4.98 Å². The molecule has 1 aliphatic rings. The van der Waals surface area contributed by atoms with E-state index in [1.807, 2.05) is 6.92 Å². The summed E-state index contributed by atoms with van der Waals surface area (Å²) in [6, 6.07) is 3.25. The molecule has 1 aromatic rings. The smallest absolute Gasteiger partial charge is 0.335 e. The van der Waals surface area contributed by atoms with Crippen molar-refractivity contribution in [3.8, 4) is 0 Å². The monoisotopic (exact) mass is 248 g/mol. The van der Waals surface area contributed by atoms with Crippen molar-refractivity contribution < 1.29 is 9.90 Å². The topological polar surface area (TPSA) is 62.2 Å². The second kappa shape index (κ2) is 4.96. The lowest BCUT2D eigenvalue weighted by atomic mass is 9.70. The highest BCUT2D eigenvalue weighted by Crippen LogP contribution is 2.40. The highest BCUT2D eigenvalue weighted by atomic mass is 16.4. The molecule has 2 rings (SSSR count). The summed E-state index contributed by atoms with van der Waals surface area (Å²) < 4.78 is 0. The minimum atomic E-state index is -0.898. The van der Waals surface area contributed by atoms with Gasteiger partial charge in [-0.25, -0.2) is 9.78 Å². The molecule has 0 atom stereocenters. The molecular weight excluding hydrogens is 228 g/mol. The van der Waals surface area contributed by atoms with Crippen LogP contribution in [0.2, 0.25) is 0 Å². The largest absolute Gasteiger partial charge is 0.478 e. The third-order valence-corrected chi connectivity index (χ3v) is 3.74. The van der Waals surface area contributed by atoms with Crippen molar-refractivity contribution in [2.24, 2.45) is 5.41 Å². The first-order valence-electron chi connectivity index (χ1n) is 6.50. The van der Waals surface area contributed by atoms with Crippen LogP contribution >= 0.6 is 0 Å². The number of anilines is 1. The van der Waals surface area contributed by atoms with Crippen LogP contribution in [0.25, 0.3) is 0 Å². The summed E-state index contributed by atoms with van der Waals surface area (Å²) in [6.07, 6.45) is 4.51. The van der Waals surface area contributed by atoms with Crippen LogP contribution in [0.15, 0.2) is 12.1 Å². The Morgan fingerprint density at radius 3 is 2.72 bits per heavy atom. The number of hydrogen-bond acceptors (Lipinski definition) is 3. The number of hydrogen-bond donors (Lipinski definition) is 2. The van der Waals surface area contributed by atoms with E-state index in [1.165, 1.54) is 19.3 Å². The van der Waals surface area contributed by atoms with E-state index in [-0.39, 0.29) is 0 Å². The molecule has 2 N–H and O–H groups in total. The number of aromatic carboxylic acids is 1. The number of nitrogens with zero attached hydrogens (tertiary/aromatic N) is 1. The highest BCUT2D eigenvalue weighted by molar-refractivity contribution is 5.88. The van der Waals surface area contributed by atoms with Crippen molar-refractivity contribution in [3.63, 3.8) is 0 Å². The third-order valence-electron chi connectivity index (χ3n) is 3.74. The van der Waals surface area contributed by atoms with Crippen LogP contribution in [0, 0.1) is 5.41 Å². The van der Waals surface area contributed by atoms with Gasteiger partial charge in [-0.15, -0.1) is 0 Å². The Kier molecular flexibility index (Phi) is 3.55. The lowest BCUT2D eigenvalue weighted by Gasteiger charge is -2.38. The van der Waals surface area contributed by atoms with E-state index in [2.05, 4.69) is 17.2 Å². The average molecular weight is 248 g/mol. The molecule has 0 saturated heterocycles. The zero-order chi connectivity index (χ0) is 13.2. The summed E-state index contributed by atoms with van der Waals surface area (Å²) in [6.45, 7) is 5.10. The van der Waals surface area contributed by atoms with Gasteiger partial charge in [0.25, 0.3) is 0 Å². The molecule has 1 saturated carbocycles. The molecular formula is C14H20N2O2. The fourth-order valence-corrected chi connectivity index (χ4v) is 2.24. The van der Waals surface area contributed by atoms with Gasteiger partial charge in [-0.2, -0.15) is 0 Å². The van der Waals surface area contributed by atoms with E-state index in [0.29, 0.717) is 16.8 Å². The van der Waals surface area contributed by atoms with Crippen LogP contribution in [0.1, 0.15) is 49.2 Å². The van der Waals surface area contributed by atoms with Crippen LogP contribution in [0.5, 0.6) is 0 Å². The molecule has 0 spiro atoms. The predicted molar refractivity (Wildman–Crippen MR) is 71.0 cm³/mol. The van der Waals surface area contributed by atoms with Crippen LogP contribution in [-0.4, -0.2) is 22.6 Å². The van der Waals surface area contributed by atoms with Crippen molar-refractivity contribution in [1.29, 1.82) is 0 Å². The van der Waals surface area contributed by atoms with Gasteiger partial charge < -0.3 is 10.4 Å². The second-order valence-corrected chi connectivity index (χ2v) is 5.41. The molecule has 0 unspecified atom stereocenters. The Balaban J connectivity index is 2.11. The zero-order valence-electron chi connectivity index (χ0n) is 11.0. The lowest BCUT2D eigenvalue weighted by molar-refractivity contribution is 0.0696. The van der Waals surface area contributed by atoms with Gasteiger partial charge in [0.2, 0.25) is 0 Å². The summed E-state index contributed by atoms with van der Waals surface area (Å²) >= 11 is 0. The number of aromatic nitrogens is 1. The number of rotatable bonds is 5. The van der Waals surface area contributed by atoms with E-state index < -0.39 is 5.97 Å². The highest BCUT2D eigenvalue weighted by Gasteiger charge is 2.31. The van der Waals surface area contributed by atoms with E-state index in [1.54, 1.807) is 12.1 Å². The van der Waals surface area contributed by atoms with E-state index in [0.717, 1.165) is 18.7 Å². The number of nitrogens with one attached hydrogen (secondary N) is 1. The summed E-state index contributed by atoms with van der Waals surface area (Å²) in [5.74, 6) is -0.218. The SMILES string of the molecule is CCc1cc(C(=O)O)cc(NCC2(C)CCC2)n1. The number of carbonyl (C=O) groups is 1. The first-order valence-corrected chi connectivity index (χ1v) is 6.50. The van der Waals surface area contributed by atoms with Crippen LogP contribution in [-0.2, 0) is 6.42 Å². The number of carboxylic acids is 1. The van der Waals surface area contributed by atoms with Gasteiger partial charge in [0.05, 0.1) is 5.56 Å². The molecule has 18 heavy (non-hydrogen) atoms. The lowest BCUT2D eigenvalue weighted by Crippen LogP contribution is -2.33. The second-order valence-electron chi connectivity index (χ2n) is 5.41. The summed E-state index contributed by atoms with van der Waals surface area (Å²) in [7, 11) is 0. The van der Waals surface area contributed by atoms with Crippen LogP contribution < -0.4 is 5.32 Å². The number of carboxylic acid groups (broad SMARTS) is 1. The summed E-state index contributed by atoms with van der Waals surface area (Å²) in [5.41, 5.74) is 1.48. The average Bonchev–Trinajstić information content (AvgIpc) is 2.33. The number of aryl methyl sites for hydroxylation is 1. The molecule has 0 aromatic carbocycles. The molecule has 4 heteroatoms. The van der Waals surface area contributed by atoms with Gasteiger partial charge in [0.1, 0.15) is 5.82 Å². The van der Waals surface area contributed by atoms with E-state index in [4.69, 9.17) is 5.11 Å². The van der Waals surface area contributed by atoms with Gasteiger partial charge in [0.15, 0.2) is 0 Å². The molecule has 1 fully saturated rings. The maximum absolute atomic E-state index is 11.0. The van der Waals surface area contributed by atoms with Crippen molar-refractivity contribution in [2.75, 3.05) is 11.9 Å². The Labute approximate surface area is 107 Å². The molecule has 1 aromatic heterocycles. The normalized spacial score (nSPS) is 17.0. The van der Waals surface area contributed by atoms with E-state index in [9.17, 15) is 4.79 Å². The van der Waals surface area contributed by atoms with Gasteiger partial charge in [-0.05, 0) is 36.8 Å². The molecule has 0 radical (unpaired) electrons. The molecule has 98 valence electrons. The van der Waals surface area contributed by atoms with Gasteiger partial charge in [0, 0.05) is 12.2 Å². The Morgan fingerprint density at radius 1 is 1.50 bits per heavy atom. The van der Waals surface area contributed by atoms with Crippen LogP contribution in [0.3, 0.4) is 0 Å². The van der Waals surface area contributed by atoms with E-state index >= 15 is 0 Å². The molecule has 0 amide bonds. The quantitative estimate of drug-likeness (QED) is 0.841. The number of pyridine rings is 1. The molecule has 1 aliphatic carbocycles. The Hall–Kier alpha value is -1.58. The minimum absolute atomic E-state index is 0.308. The van der Waals surface area contributed by atoms with Gasteiger partial charge in [-0.1, -0.05) is 20.3 Å². The first-order chi connectivity index (χ1) is 8.52. The fourth-order valence-electron chi connectivity index (χ4n) is 2.24. The summed E-state index contributed by atoms with van der Waals surface area (Å²) in [5, 5.41) is 12.3. The Morgan fingerprint density at radius 2 is 2.22 bits per heavy atom. The molecule has 1 heterocycles. The molecule has 0 bridgehead atoms. The first kappa shape index (κ1) is 12.9. The minimum Gasteiger partial charge on any atom is -0.478 e. The predicted octanol–water partition coefficient (Wildman–Crippen LogP) is 2.94. The fraction of sp³-hybridized carbons (Fsp3) is 0.571. The van der Waals surface area contributed by atoms with Crippen molar-refractivity contribution >= 4 is 11.8 Å². The van der Waals surface area contributed by atoms with Crippen LogP contribution in [0.4, 0.5) is 5.82 Å². The third kappa shape index (κ3) is 2.81. The molecule has 0 aliphatic heterocycles. The summed E-state index contributed by atoms with van der Waals surface area (Å²) in [4.78, 5) is 15.5. The van der Waals surface area contributed by atoms with Gasteiger partial charge in [-0.3, -0.25) is 0 Å². The maximum Gasteiger partial charge on any atom is 0.335 e. The standard InChI is InChI=1S/C14H20N2O2/c1-3-11-7-10(13(17)18)8-12(16-11)15-9-14(2)5-4-6-14/h7-8H,3-6,9H2,1-2H3,(H,15,16)(H,17,18). The molecule has 4 nitrogen and oxygen atoms in total. The maximum atomic E-state index is 11.0. The van der Waals surface area contributed by atoms with Gasteiger partial charge >= 0.3 is 5.97 Å². The van der Waals surface area contributed by atoms with Crippen molar-refractivity contribution in [3.05, 3.63) is 23.4 Å². The van der Waals surface area contributed by atoms with Crippen molar-refractivity contribution in [2.45, 2.75) is 39.5 Å². The Bertz CT molecular complexity index is 453.